The van der Waals surface area contributed by atoms with Crippen molar-refractivity contribution in [1.82, 2.24) is 4.90 Å². The normalized spacial score (nSPS) is 15.5. The van der Waals surface area contributed by atoms with E-state index in [9.17, 15) is 24.3 Å². The topological polar surface area (TPSA) is 154 Å². The quantitative estimate of drug-likeness (QED) is 0.166. The van der Waals surface area contributed by atoms with Crippen molar-refractivity contribution in [2.75, 3.05) is 23.8 Å². The zero-order valence-corrected chi connectivity index (χ0v) is 25.0. The van der Waals surface area contributed by atoms with Crippen LogP contribution in [0.15, 0.2) is 97.1 Å². The molecule has 2 atom stereocenters. The molecule has 236 valence electrons. The van der Waals surface area contributed by atoms with E-state index in [2.05, 4.69) is 10.6 Å². The minimum absolute atomic E-state index is 0.111. The van der Waals surface area contributed by atoms with Crippen LogP contribution in [0.2, 0.25) is 0 Å². The fraction of sp³-hybridized carbons (Fsp3) is 0.200. The lowest BCUT2D eigenvalue weighted by atomic mass is 10.1. The van der Waals surface area contributed by atoms with Crippen molar-refractivity contribution in [2.24, 2.45) is 0 Å². The number of aryl methyl sites for hydroxylation is 1. The Morgan fingerprint density at radius 3 is 2.00 bits per heavy atom. The molecule has 46 heavy (non-hydrogen) atoms. The minimum atomic E-state index is -1.04. The van der Waals surface area contributed by atoms with Crippen molar-refractivity contribution < 1.29 is 38.9 Å². The Balaban J connectivity index is 1.23. The Kier molecular flexibility index (Phi) is 9.81. The smallest absolute Gasteiger partial charge is 0.335 e. The molecular weight excluding hydrogens is 590 g/mol. The summed E-state index contributed by atoms with van der Waals surface area (Å²) >= 11 is 0. The number of hydrogen-bond donors (Lipinski definition) is 4. The summed E-state index contributed by atoms with van der Waals surface area (Å²) in [5.74, 6) is -1.25. The number of nitrogens with one attached hydrogen (secondary N) is 2. The second kappa shape index (κ2) is 14.3. The molecule has 0 aromatic heterocycles. The molecule has 0 bridgehead atoms. The van der Waals surface area contributed by atoms with E-state index in [1.807, 2.05) is 31.2 Å². The van der Waals surface area contributed by atoms with E-state index in [4.69, 9.17) is 14.6 Å². The van der Waals surface area contributed by atoms with Crippen LogP contribution in [0.3, 0.4) is 0 Å². The summed E-state index contributed by atoms with van der Waals surface area (Å²) in [6.45, 7) is 2.36. The van der Waals surface area contributed by atoms with Crippen molar-refractivity contribution >= 4 is 35.3 Å². The molecule has 4 N–H and O–H groups in total. The van der Waals surface area contributed by atoms with E-state index in [1.54, 1.807) is 53.4 Å². The molecule has 0 aliphatic carbocycles. The second-order valence-corrected chi connectivity index (χ2v) is 10.9. The zero-order chi connectivity index (χ0) is 32.6. The number of carbonyl (C=O) groups is 4. The maximum atomic E-state index is 13.6. The molecule has 0 saturated carbocycles. The van der Waals surface area contributed by atoms with E-state index in [0.717, 1.165) is 11.1 Å². The molecule has 1 aliphatic heterocycles. The van der Waals surface area contributed by atoms with Gasteiger partial charge in [-0.15, -0.1) is 0 Å². The summed E-state index contributed by atoms with van der Waals surface area (Å²) in [7, 11) is 0. The van der Waals surface area contributed by atoms with Crippen molar-refractivity contribution in [2.45, 2.75) is 31.9 Å². The third kappa shape index (κ3) is 8.20. The van der Waals surface area contributed by atoms with E-state index in [1.165, 1.54) is 24.3 Å². The van der Waals surface area contributed by atoms with Gasteiger partial charge in [0.05, 0.1) is 30.1 Å². The molecule has 1 fully saturated rings. The van der Waals surface area contributed by atoms with Crippen LogP contribution in [0.5, 0.6) is 11.5 Å². The first-order valence-electron chi connectivity index (χ1n) is 14.6. The fourth-order valence-electron chi connectivity index (χ4n) is 5.16. The highest BCUT2D eigenvalue weighted by Gasteiger charge is 2.37. The third-order valence-electron chi connectivity index (χ3n) is 7.60. The molecule has 4 aromatic carbocycles. The van der Waals surface area contributed by atoms with Crippen LogP contribution in [-0.2, 0) is 11.2 Å². The molecule has 1 aliphatic rings. The van der Waals surface area contributed by atoms with Crippen LogP contribution >= 0.6 is 0 Å². The Morgan fingerprint density at radius 1 is 0.783 bits per heavy atom. The number of para-hydroxylation sites is 1. The van der Waals surface area contributed by atoms with Crippen molar-refractivity contribution in [3.8, 4) is 11.5 Å². The van der Waals surface area contributed by atoms with Gasteiger partial charge in [-0.05, 0) is 84.8 Å². The van der Waals surface area contributed by atoms with E-state index in [0.29, 0.717) is 35.8 Å². The highest BCUT2D eigenvalue weighted by atomic mass is 16.5. The number of ether oxygens (including phenoxy) is 2. The number of rotatable bonds is 11. The van der Waals surface area contributed by atoms with Gasteiger partial charge in [0.25, 0.3) is 0 Å². The zero-order valence-electron chi connectivity index (χ0n) is 25.0. The first-order valence-corrected chi connectivity index (χ1v) is 14.6. The SMILES string of the molecule is Cc1ccccc1NC(=O)Nc1ccc(CC(=O)N2C[C@@H](Oc3ccc(C(=O)O)cc3)C[C@H]2COc2ccc(C(=O)O)cc2)cc1. The number of urea groups is 1. The summed E-state index contributed by atoms with van der Waals surface area (Å²) < 4.78 is 12.1. The number of hydrogen-bond acceptors (Lipinski definition) is 6. The van der Waals surface area contributed by atoms with Gasteiger partial charge in [0.1, 0.15) is 24.2 Å². The lowest BCUT2D eigenvalue weighted by Gasteiger charge is -2.24. The van der Waals surface area contributed by atoms with Crippen LogP contribution < -0.4 is 20.1 Å². The maximum absolute atomic E-state index is 13.6. The van der Waals surface area contributed by atoms with Crippen LogP contribution in [0, 0.1) is 6.92 Å². The van der Waals surface area contributed by atoms with Crippen molar-refractivity contribution in [1.29, 1.82) is 0 Å². The summed E-state index contributed by atoms with van der Waals surface area (Å²) in [5.41, 5.74) is 3.27. The van der Waals surface area contributed by atoms with Gasteiger partial charge >= 0.3 is 18.0 Å². The van der Waals surface area contributed by atoms with Crippen LogP contribution in [0.1, 0.15) is 38.3 Å². The molecule has 3 amide bonds. The number of anilines is 2. The number of benzene rings is 4. The molecule has 5 rings (SSSR count). The summed E-state index contributed by atoms with van der Waals surface area (Å²) in [6.07, 6.45) is 0.221. The standard InChI is InChI=1S/C35H33N3O8/c1-22-4-2-3-5-31(22)37-35(44)36-26-12-6-23(7-13-26)18-32(39)38-20-30(46-29-16-10-25(11-17-29)34(42)43)19-27(38)21-45-28-14-8-24(9-15-28)33(40)41/h2-17,27,30H,18-21H2,1H3,(H,40,41)(H,42,43)(H2,36,37,44)/t27-,30-/m0/s1. The first-order chi connectivity index (χ1) is 22.1. The van der Waals surface area contributed by atoms with Crippen LogP contribution in [-0.4, -0.2) is 64.3 Å². The predicted octanol–water partition coefficient (Wildman–Crippen LogP) is 5.71. The van der Waals surface area contributed by atoms with Gasteiger partial charge in [0.15, 0.2) is 0 Å². The number of amides is 3. The monoisotopic (exact) mass is 623 g/mol. The summed E-state index contributed by atoms with van der Waals surface area (Å²) in [5, 5.41) is 23.9. The molecule has 0 spiro atoms. The average molecular weight is 624 g/mol. The summed E-state index contributed by atoms with van der Waals surface area (Å²) in [4.78, 5) is 50.1. The molecule has 11 nitrogen and oxygen atoms in total. The van der Waals surface area contributed by atoms with E-state index < -0.39 is 11.9 Å². The molecular formula is C35H33N3O8. The third-order valence-corrected chi connectivity index (χ3v) is 7.60. The Labute approximate surface area is 265 Å². The van der Waals surface area contributed by atoms with E-state index in [-0.39, 0.29) is 48.2 Å². The number of carboxylic acids is 2. The number of likely N-dealkylation sites (tertiary alicyclic amines) is 1. The Hall–Kier alpha value is -5.84. The van der Waals surface area contributed by atoms with Crippen LogP contribution in [0.4, 0.5) is 16.2 Å². The highest BCUT2D eigenvalue weighted by molar-refractivity contribution is 6.00. The number of aromatic carboxylic acids is 2. The maximum Gasteiger partial charge on any atom is 0.335 e. The van der Waals surface area contributed by atoms with Gasteiger partial charge in [-0.3, -0.25) is 4.79 Å². The molecule has 4 aromatic rings. The summed E-state index contributed by atoms with van der Waals surface area (Å²) in [6, 6.07) is 25.9. The molecule has 1 saturated heterocycles. The van der Waals surface area contributed by atoms with Crippen molar-refractivity contribution in [3.63, 3.8) is 0 Å². The number of carboxylic acid groups (broad SMARTS) is 2. The van der Waals surface area contributed by atoms with Gasteiger partial charge in [-0.2, -0.15) is 0 Å². The number of carbonyl (C=O) groups excluding carboxylic acids is 2. The lowest BCUT2D eigenvalue weighted by molar-refractivity contribution is -0.132. The Bertz CT molecular complexity index is 1710. The largest absolute Gasteiger partial charge is 0.491 e. The fourth-order valence-corrected chi connectivity index (χ4v) is 5.16. The van der Waals surface area contributed by atoms with Crippen molar-refractivity contribution in [3.05, 3.63) is 119 Å². The van der Waals surface area contributed by atoms with Gasteiger partial charge in [-0.1, -0.05) is 30.3 Å². The Morgan fingerprint density at radius 2 is 1.39 bits per heavy atom. The number of nitrogens with zero attached hydrogens (tertiary/aromatic N) is 1. The first kappa shape index (κ1) is 31.6. The predicted molar refractivity (Wildman–Crippen MR) is 171 cm³/mol. The molecule has 11 heteroatoms. The molecule has 0 unspecified atom stereocenters. The van der Waals surface area contributed by atoms with E-state index >= 15 is 0 Å². The second-order valence-electron chi connectivity index (χ2n) is 10.9. The molecule has 1 heterocycles. The van der Waals surface area contributed by atoms with Gasteiger partial charge in [0.2, 0.25) is 5.91 Å². The van der Waals surface area contributed by atoms with Gasteiger partial charge in [0, 0.05) is 17.8 Å². The lowest BCUT2D eigenvalue weighted by Crippen LogP contribution is -2.40. The minimum Gasteiger partial charge on any atom is -0.491 e. The van der Waals surface area contributed by atoms with Gasteiger partial charge in [-0.25, -0.2) is 14.4 Å². The molecule has 0 radical (unpaired) electrons. The van der Waals surface area contributed by atoms with Gasteiger partial charge < -0.3 is 35.2 Å². The van der Waals surface area contributed by atoms with Crippen LogP contribution in [0.25, 0.3) is 0 Å². The highest BCUT2D eigenvalue weighted by Crippen LogP contribution is 2.26. The average Bonchev–Trinajstić information content (AvgIpc) is 3.45.